The third-order valence-electron chi connectivity index (χ3n) is 2.55. The average Bonchev–Trinajstić information content (AvgIpc) is 2.72. The van der Waals surface area contributed by atoms with E-state index in [0.717, 1.165) is 12.8 Å². The Bertz CT molecular complexity index is 498. The van der Waals surface area contributed by atoms with Crippen LogP contribution in [0.4, 0.5) is 4.39 Å². The molecule has 0 amide bonds. The third-order valence-corrected chi connectivity index (χ3v) is 2.55. The van der Waals surface area contributed by atoms with Crippen molar-refractivity contribution >= 4 is 11.1 Å². The number of aromatic nitrogens is 1. The monoisotopic (exact) mass is 238 g/mol. The van der Waals surface area contributed by atoms with Crippen molar-refractivity contribution in [1.29, 1.82) is 0 Å². The van der Waals surface area contributed by atoms with Crippen LogP contribution in [0.15, 0.2) is 22.6 Å². The lowest BCUT2D eigenvalue weighted by molar-refractivity contribution is 0.189. The minimum Gasteiger partial charge on any atom is -0.439 e. The molecule has 2 N–H and O–H groups in total. The Morgan fingerprint density at radius 2 is 2.35 bits per heavy atom. The molecule has 0 bridgehead atoms. The summed E-state index contributed by atoms with van der Waals surface area (Å²) in [7, 11) is 1.65. The highest BCUT2D eigenvalue weighted by Gasteiger charge is 2.13. The third kappa shape index (κ3) is 2.81. The number of hydrogen-bond acceptors (Lipinski definition) is 4. The first-order chi connectivity index (χ1) is 8.20. The van der Waals surface area contributed by atoms with Crippen LogP contribution < -0.4 is 5.73 Å². The Hall–Kier alpha value is -1.46. The fraction of sp³-hybridized carbons (Fsp3) is 0.417. The predicted molar refractivity (Wildman–Crippen MR) is 62.0 cm³/mol. The van der Waals surface area contributed by atoms with Crippen LogP contribution >= 0.6 is 0 Å². The Balaban J connectivity index is 2.12. The molecule has 0 radical (unpaired) electrons. The fourth-order valence-corrected chi connectivity index (χ4v) is 1.65. The van der Waals surface area contributed by atoms with Gasteiger partial charge in [0.2, 0.25) is 5.89 Å². The van der Waals surface area contributed by atoms with Crippen LogP contribution in [0.3, 0.4) is 0 Å². The van der Waals surface area contributed by atoms with Gasteiger partial charge >= 0.3 is 0 Å². The maximum atomic E-state index is 13.0. The van der Waals surface area contributed by atoms with Gasteiger partial charge in [-0.15, -0.1) is 0 Å². The molecular weight excluding hydrogens is 223 g/mol. The fourth-order valence-electron chi connectivity index (χ4n) is 1.65. The molecule has 1 unspecified atom stereocenters. The molecule has 1 atom stereocenters. The lowest BCUT2D eigenvalue weighted by Crippen LogP contribution is -2.11. The van der Waals surface area contributed by atoms with Crippen molar-refractivity contribution in [3.8, 4) is 0 Å². The van der Waals surface area contributed by atoms with Crippen LogP contribution in [-0.4, -0.2) is 18.7 Å². The Morgan fingerprint density at radius 1 is 1.53 bits per heavy atom. The normalized spacial score (nSPS) is 13.1. The topological polar surface area (TPSA) is 61.3 Å². The molecule has 5 heteroatoms. The highest BCUT2D eigenvalue weighted by molar-refractivity contribution is 5.72. The van der Waals surface area contributed by atoms with Crippen molar-refractivity contribution in [3.63, 3.8) is 0 Å². The summed E-state index contributed by atoms with van der Waals surface area (Å²) in [6, 6.07) is 3.97. The first kappa shape index (κ1) is 12.0. The van der Waals surface area contributed by atoms with Gasteiger partial charge in [-0.1, -0.05) is 0 Å². The Morgan fingerprint density at radius 3 is 3.12 bits per heavy atom. The molecule has 0 aliphatic heterocycles. The van der Waals surface area contributed by atoms with Gasteiger partial charge in [-0.05, 0) is 25.0 Å². The summed E-state index contributed by atoms with van der Waals surface area (Å²) >= 11 is 0. The van der Waals surface area contributed by atoms with E-state index in [1.807, 2.05) is 0 Å². The van der Waals surface area contributed by atoms with E-state index < -0.39 is 0 Å². The minimum absolute atomic E-state index is 0.277. The van der Waals surface area contributed by atoms with Crippen LogP contribution in [-0.2, 0) is 4.74 Å². The second-order valence-electron chi connectivity index (χ2n) is 3.91. The number of rotatable bonds is 5. The van der Waals surface area contributed by atoms with E-state index in [0.29, 0.717) is 23.6 Å². The number of oxazole rings is 1. The summed E-state index contributed by atoms with van der Waals surface area (Å²) < 4.78 is 23.3. The van der Waals surface area contributed by atoms with Crippen LogP contribution in [0.2, 0.25) is 0 Å². The summed E-state index contributed by atoms with van der Waals surface area (Å²) in [4.78, 5) is 4.23. The average molecular weight is 238 g/mol. The predicted octanol–water partition coefficient (Wildman–Crippen LogP) is 2.39. The molecule has 2 rings (SSSR count). The number of ether oxygens (including phenoxy) is 1. The quantitative estimate of drug-likeness (QED) is 0.812. The van der Waals surface area contributed by atoms with Crippen LogP contribution in [0.1, 0.15) is 24.8 Å². The summed E-state index contributed by atoms with van der Waals surface area (Å²) in [5.41, 5.74) is 6.99. The zero-order valence-electron chi connectivity index (χ0n) is 9.65. The van der Waals surface area contributed by atoms with Crippen molar-refractivity contribution in [1.82, 2.24) is 4.98 Å². The van der Waals surface area contributed by atoms with Gasteiger partial charge in [0.05, 0.1) is 6.04 Å². The van der Waals surface area contributed by atoms with Crippen molar-refractivity contribution < 1.29 is 13.5 Å². The number of fused-ring (bicyclic) bond motifs is 1. The maximum absolute atomic E-state index is 13.0. The second-order valence-corrected chi connectivity index (χ2v) is 3.91. The molecule has 1 aromatic heterocycles. The molecule has 0 saturated heterocycles. The van der Waals surface area contributed by atoms with E-state index in [1.54, 1.807) is 13.2 Å². The molecule has 2 aromatic rings. The van der Waals surface area contributed by atoms with E-state index in [1.165, 1.54) is 12.1 Å². The first-order valence-corrected chi connectivity index (χ1v) is 5.51. The second kappa shape index (κ2) is 5.25. The van der Waals surface area contributed by atoms with E-state index in [-0.39, 0.29) is 11.9 Å². The lowest BCUT2D eigenvalue weighted by Gasteiger charge is -2.05. The highest BCUT2D eigenvalue weighted by Crippen LogP contribution is 2.22. The number of nitrogens with zero attached hydrogens (tertiary/aromatic N) is 1. The van der Waals surface area contributed by atoms with Crippen LogP contribution in [0.25, 0.3) is 11.1 Å². The van der Waals surface area contributed by atoms with Crippen molar-refractivity contribution in [2.45, 2.75) is 18.9 Å². The van der Waals surface area contributed by atoms with Gasteiger partial charge in [0, 0.05) is 19.8 Å². The van der Waals surface area contributed by atoms with Gasteiger partial charge in [-0.3, -0.25) is 0 Å². The lowest BCUT2D eigenvalue weighted by atomic mass is 10.2. The molecule has 92 valence electrons. The van der Waals surface area contributed by atoms with Gasteiger partial charge < -0.3 is 14.9 Å². The molecule has 0 aliphatic carbocycles. The number of halogens is 1. The molecule has 1 heterocycles. The Labute approximate surface area is 98.6 Å². The molecular formula is C12H15FN2O2. The van der Waals surface area contributed by atoms with E-state index in [4.69, 9.17) is 14.9 Å². The molecule has 0 spiro atoms. The summed E-state index contributed by atoms with van der Waals surface area (Å²) in [5.74, 6) is 0.106. The molecule has 1 aromatic carbocycles. The highest BCUT2D eigenvalue weighted by atomic mass is 19.1. The van der Waals surface area contributed by atoms with Gasteiger partial charge in [0.25, 0.3) is 0 Å². The van der Waals surface area contributed by atoms with E-state index >= 15 is 0 Å². The van der Waals surface area contributed by atoms with Gasteiger partial charge in [-0.2, -0.15) is 0 Å². The smallest absolute Gasteiger partial charge is 0.212 e. The zero-order valence-corrected chi connectivity index (χ0v) is 9.65. The minimum atomic E-state index is -0.340. The maximum Gasteiger partial charge on any atom is 0.212 e. The Kier molecular flexibility index (Phi) is 3.71. The zero-order chi connectivity index (χ0) is 12.3. The molecule has 4 nitrogen and oxygen atoms in total. The van der Waals surface area contributed by atoms with Crippen molar-refractivity contribution in [2.24, 2.45) is 5.73 Å². The largest absolute Gasteiger partial charge is 0.439 e. The van der Waals surface area contributed by atoms with Crippen molar-refractivity contribution in [3.05, 3.63) is 29.9 Å². The molecule has 0 saturated carbocycles. The first-order valence-electron chi connectivity index (χ1n) is 5.51. The van der Waals surface area contributed by atoms with Crippen LogP contribution in [0, 0.1) is 5.82 Å². The van der Waals surface area contributed by atoms with Gasteiger partial charge in [0.15, 0.2) is 5.58 Å². The molecule has 17 heavy (non-hydrogen) atoms. The van der Waals surface area contributed by atoms with Crippen molar-refractivity contribution in [2.75, 3.05) is 13.7 Å². The number of nitrogens with two attached hydrogens (primary N) is 1. The summed E-state index contributed by atoms with van der Waals surface area (Å²) in [6.07, 6.45) is 1.56. The molecule has 0 fully saturated rings. The SMILES string of the molecule is COCCCC(N)c1nc2ccc(F)cc2o1. The molecule has 0 aliphatic rings. The standard InChI is InChI=1S/C12H15FN2O2/c1-16-6-2-3-9(14)12-15-10-5-4-8(13)7-11(10)17-12/h4-5,7,9H,2-3,6,14H2,1H3. The van der Waals surface area contributed by atoms with E-state index in [2.05, 4.69) is 4.98 Å². The number of methoxy groups -OCH3 is 1. The number of hydrogen-bond donors (Lipinski definition) is 1. The van der Waals surface area contributed by atoms with Crippen LogP contribution in [0.5, 0.6) is 0 Å². The van der Waals surface area contributed by atoms with Gasteiger partial charge in [-0.25, -0.2) is 9.37 Å². The van der Waals surface area contributed by atoms with Gasteiger partial charge in [0.1, 0.15) is 11.3 Å². The summed E-state index contributed by atoms with van der Waals surface area (Å²) in [5, 5.41) is 0. The number of benzene rings is 1. The van der Waals surface area contributed by atoms with E-state index in [9.17, 15) is 4.39 Å². The summed E-state index contributed by atoms with van der Waals surface area (Å²) in [6.45, 7) is 0.655.